The number of aliphatic hydroxyl groups is 2. The van der Waals surface area contributed by atoms with Crippen LogP contribution < -0.4 is 0 Å². The van der Waals surface area contributed by atoms with Crippen LogP contribution in [-0.2, 0) is 0 Å². The number of hydrogen-bond acceptors (Lipinski definition) is 2. The molecule has 0 aromatic heterocycles. The van der Waals surface area contributed by atoms with Crippen molar-refractivity contribution in [3.63, 3.8) is 0 Å². The van der Waals surface area contributed by atoms with E-state index in [4.69, 9.17) is 5.11 Å². The summed E-state index contributed by atoms with van der Waals surface area (Å²) < 4.78 is 0. The molecule has 26 heavy (non-hydrogen) atoms. The zero-order valence-corrected chi connectivity index (χ0v) is 16.8. The average Bonchev–Trinajstić information content (AvgIpc) is 2.92. The third-order valence-electron chi connectivity index (χ3n) is 8.73. The molecule has 2 heteroatoms. The van der Waals surface area contributed by atoms with Crippen LogP contribution in [0.25, 0.3) is 0 Å². The maximum absolute atomic E-state index is 10.6. The van der Waals surface area contributed by atoms with Crippen LogP contribution >= 0.6 is 0 Å². The first kappa shape index (κ1) is 18.5. The Morgan fingerprint density at radius 3 is 2.58 bits per heavy atom. The average molecular weight is 357 g/mol. The van der Waals surface area contributed by atoms with E-state index in [1.807, 2.05) is 13.0 Å². The van der Waals surface area contributed by atoms with E-state index < -0.39 is 5.60 Å². The molecule has 0 bridgehead atoms. The SMILES string of the molecule is C[C@]1(O)CC[C@@]2(C)C(=CC[C@@H]3[C@@H]2CC[C@]2(C)C(C/C=C/CO)=CC[C@@H]32)C1. The number of hydrogen-bond donors (Lipinski definition) is 2. The van der Waals surface area contributed by atoms with Gasteiger partial charge in [0.15, 0.2) is 0 Å². The van der Waals surface area contributed by atoms with Crippen molar-refractivity contribution in [2.75, 3.05) is 6.61 Å². The van der Waals surface area contributed by atoms with Crippen LogP contribution in [-0.4, -0.2) is 22.4 Å². The smallest absolute Gasteiger partial charge is 0.0657 e. The summed E-state index contributed by atoms with van der Waals surface area (Å²) in [5.41, 5.74) is 3.32. The van der Waals surface area contributed by atoms with Crippen molar-refractivity contribution in [2.24, 2.45) is 28.6 Å². The fourth-order valence-corrected chi connectivity index (χ4v) is 7.06. The quantitative estimate of drug-likeness (QED) is 0.684. The third kappa shape index (κ3) is 2.76. The Hall–Kier alpha value is -0.860. The van der Waals surface area contributed by atoms with E-state index in [0.29, 0.717) is 10.8 Å². The lowest BCUT2D eigenvalue weighted by molar-refractivity contribution is -0.0522. The summed E-state index contributed by atoms with van der Waals surface area (Å²) in [4.78, 5) is 0. The van der Waals surface area contributed by atoms with Gasteiger partial charge in [0.2, 0.25) is 0 Å². The number of rotatable bonds is 3. The molecule has 2 nitrogen and oxygen atoms in total. The molecule has 6 atom stereocenters. The van der Waals surface area contributed by atoms with E-state index in [2.05, 4.69) is 32.1 Å². The Morgan fingerprint density at radius 2 is 1.81 bits per heavy atom. The van der Waals surface area contributed by atoms with Crippen LogP contribution in [0.3, 0.4) is 0 Å². The molecule has 0 aliphatic heterocycles. The first-order valence-electron chi connectivity index (χ1n) is 10.7. The van der Waals surface area contributed by atoms with Crippen LogP contribution in [0.5, 0.6) is 0 Å². The molecular formula is C24H36O2. The predicted molar refractivity (Wildman–Crippen MR) is 107 cm³/mol. The molecule has 4 aliphatic rings. The molecule has 0 radical (unpaired) electrons. The minimum atomic E-state index is -0.498. The fraction of sp³-hybridized carbons (Fsp3) is 0.750. The Balaban J connectivity index is 1.58. The largest absolute Gasteiger partial charge is 0.392 e. The van der Waals surface area contributed by atoms with Crippen molar-refractivity contribution in [1.82, 2.24) is 0 Å². The minimum absolute atomic E-state index is 0.147. The van der Waals surface area contributed by atoms with Gasteiger partial charge in [-0.15, -0.1) is 0 Å². The molecule has 0 saturated heterocycles. The predicted octanol–water partition coefficient (Wildman–Crippen LogP) is 5.18. The van der Waals surface area contributed by atoms with Gasteiger partial charge in [0.1, 0.15) is 0 Å². The molecule has 144 valence electrons. The van der Waals surface area contributed by atoms with Crippen molar-refractivity contribution < 1.29 is 10.2 Å². The summed E-state index contributed by atoms with van der Waals surface area (Å²) in [5.74, 6) is 2.36. The maximum atomic E-state index is 10.6. The van der Waals surface area contributed by atoms with Crippen LogP contribution in [0.1, 0.15) is 72.1 Å². The van der Waals surface area contributed by atoms with Gasteiger partial charge in [0, 0.05) is 0 Å². The van der Waals surface area contributed by atoms with E-state index >= 15 is 0 Å². The lowest BCUT2D eigenvalue weighted by Crippen LogP contribution is -2.51. The van der Waals surface area contributed by atoms with E-state index in [1.54, 1.807) is 11.1 Å². The molecule has 0 spiro atoms. The van der Waals surface area contributed by atoms with Crippen molar-refractivity contribution in [3.8, 4) is 0 Å². The lowest BCUT2D eigenvalue weighted by atomic mass is 9.46. The normalized spacial score (nSPS) is 47.8. The summed E-state index contributed by atoms with van der Waals surface area (Å²) in [7, 11) is 0. The highest BCUT2D eigenvalue weighted by Gasteiger charge is 2.57. The van der Waals surface area contributed by atoms with Crippen LogP contribution in [0.4, 0.5) is 0 Å². The molecule has 2 fully saturated rings. The summed E-state index contributed by atoms with van der Waals surface area (Å²) in [6, 6.07) is 0. The minimum Gasteiger partial charge on any atom is -0.392 e. The molecule has 0 amide bonds. The van der Waals surface area contributed by atoms with Gasteiger partial charge in [-0.25, -0.2) is 0 Å². The second-order valence-corrected chi connectivity index (χ2v) is 10.2. The van der Waals surface area contributed by atoms with Crippen molar-refractivity contribution >= 4 is 0 Å². The van der Waals surface area contributed by atoms with Crippen LogP contribution in [0.15, 0.2) is 35.5 Å². The fourth-order valence-electron chi connectivity index (χ4n) is 7.06. The van der Waals surface area contributed by atoms with Gasteiger partial charge < -0.3 is 10.2 Å². The first-order valence-corrected chi connectivity index (χ1v) is 10.7. The molecule has 2 N–H and O–H groups in total. The van der Waals surface area contributed by atoms with Gasteiger partial charge in [-0.3, -0.25) is 0 Å². The summed E-state index contributed by atoms with van der Waals surface area (Å²) in [6.07, 6.45) is 18.1. The maximum Gasteiger partial charge on any atom is 0.0657 e. The second-order valence-electron chi connectivity index (χ2n) is 10.2. The Labute approximate surface area is 159 Å². The number of aliphatic hydroxyl groups excluding tert-OH is 1. The summed E-state index contributed by atoms with van der Waals surface area (Å²) >= 11 is 0. The molecule has 4 aliphatic carbocycles. The van der Waals surface area contributed by atoms with Crippen molar-refractivity contribution in [2.45, 2.75) is 77.7 Å². The number of allylic oxidation sites excluding steroid dienone is 4. The molecule has 0 aromatic rings. The number of fused-ring (bicyclic) bond motifs is 5. The Kier molecular flexibility index (Phi) is 4.51. The van der Waals surface area contributed by atoms with Gasteiger partial charge in [-0.05, 0) is 86.9 Å². The first-order chi connectivity index (χ1) is 12.3. The van der Waals surface area contributed by atoms with Gasteiger partial charge >= 0.3 is 0 Å². The molecular weight excluding hydrogens is 320 g/mol. The van der Waals surface area contributed by atoms with E-state index in [0.717, 1.165) is 43.4 Å². The van der Waals surface area contributed by atoms with Gasteiger partial charge in [0.25, 0.3) is 0 Å². The van der Waals surface area contributed by atoms with E-state index in [9.17, 15) is 5.11 Å². The molecule has 4 rings (SSSR count). The summed E-state index contributed by atoms with van der Waals surface area (Å²) in [5, 5.41) is 19.6. The van der Waals surface area contributed by atoms with Crippen molar-refractivity contribution in [3.05, 3.63) is 35.5 Å². The third-order valence-corrected chi connectivity index (χ3v) is 8.73. The standard InChI is InChI=1S/C24H36O2/c1-22(26)13-14-24(3)18(16-22)7-9-19-20-10-8-17(6-4-5-15-25)23(20,2)12-11-21(19)24/h4-5,7-8,19-21,25-26H,6,9-16H2,1-3H3/b5-4+/t19-,20-,21-,22-,23+,24-/m0/s1. The zero-order valence-electron chi connectivity index (χ0n) is 16.8. The Morgan fingerprint density at radius 1 is 1.00 bits per heavy atom. The zero-order chi connectivity index (χ0) is 18.6. The highest BCUT2D eigenvalue weighted by molar-refractivity contribution is 5.31. The Bertz CT molecular complexity index is 655. The van der Waals surface area contributed by atoms with Crippen LogP contribution in [0, 0.1) is 28.6 Å². The highest BCUT2D eigenvalue weighted by atomic mass is 16.3. The van der Waals surface area contributed by atoms with E-state index in [1.165, 1.54) is 25.7 Å². The molecule has 0 unspecified atom stereocenters. The molecule has 2 saturated carbocycles. The highest BCUT2D eigenvalue weighted by Crippen LogP contribution is 2.65. The topological polar surface area (TPSA) is 40.5 Å². The lowest BCUT2D eigenvalue weighted by Gasteiger charge is -2.58. The molecule has 0 aromatic carbocycles. The second kappa shape index (κ2) is 6.34. The monoisotopic (exact) mass is 356 g/mol. The van der Waals surface area contributed by atoms with Gasteiger partial charge in [-0.1, -0.05) is 49.3 Å². The summed E-state index contributed by atoms with van der Waals surface area (Å²) in [6.45, 7) is 7.17. The van der Waals surface area contributed by atoms with Gasteiger partial charge in [0.05, 0.1) is 12.2 Å². The van der Waals surface area contributed by atoms with E-state index in [-0.39, 0.29) is 6.61 Å². The molecule has 0 heterocycles. The van der Waals surface area contributed by atoms with Gasteiger partial charge in [-0.2, -0.15) is 0 Å². The van der Waals surface area contributed by atoms with Crippen molar-refractivity contribution in [1.29, 1.82) is 0 Å². The van der Waals surface area contributed by atoms with Crippen LogP contribution in [0.2, 0.25) is 0 Å².